The first-order valence-corrected chi connectivity index (χ1v) is 11.5. The Morgan fingerprint density at radius 3 is 2.34 bits per heavy atom. The van der Waals surface area contributed by atoms with Gasteiger partial charge in [0.2, 0.25) is 0 Å². The molecule has 1 heterocycles. The highest BCUT2D eigenvalue weighted by atomic mass is 32.2. The number of carbonyl (C=O) groups is 1. The van der Waals surface area contributed by atoms with Gasteiger partial charge in [0, 0.05) is 17.4 Å². The Balaban J connectivity index is 1.67. The lowest BCUT2D eigenvalue weighted by Gasteiger charge is -2.17. The monoisotopic (exact) mass is 454 g/mol. The standard InChI is InChI=1S/C23H26N4O4S/c1-14-7-6-8-21(16(14)3)31-17(4)23(28)26-19-9-11-20(12-10-19)32(29,30)27-22-13-15(2)24-18(5)25-22/h6-13,17H,1-5H3,(H,26,28)(H,24,25,27)/t17-/m1/s1. The van der Waals surface area contributed by atoms with E-state index in [9.17, 15) is 13.2 Å². The minimum absolute atomic E-state index is 0.0455. The van der Waals surface area contributed by atoms with Crippen LogP contribution in [0.3, 0.4) is 0 Å². The minimum Gasteiger partial charge on any atom is -0.481 e. The number of sulfonamides is 1. The van der Waals surface area contributed by atoms with Gasteiger partial charge in [-0.05, 0) is 76.1 Å². The summed E-state index contributed by atoms with van der Waals surface area (Å²) in [6.07, 6.45) is -0.732. The van der Waals surface area contributed by atoms with Gasteiger partial charge >= 0.3 is 0 Å². The van der Waals surface area contributed by atoms with Gasteiger partial charge < -0.3 is 10.1 Å². The average Bonchev–Trinajstić information content (AvgIpc) is 2.70. The third kappa shape index (κ3) is 5.61. The van der Waals surface area contributed by atoms with Gasteiger partial charge in [-0.1, -0.05) is 12.1 Å². The van der Waals surface area contributed by atoms with Crippen molar-refractivity contribution in [1.29, 1.82) is 0 Å². The van der Waals surface area contributed by atoms with Crippen molar-refractivity contribution in [1.82, 2.24) is 9.97 Å². The highest BCUT2D eigenvalue weighted by Gasteiger charge is 2.18. The largest absolute Gasteiger partial charge is 0.481 e. The summed E-state index contributed by atoms with van der Waals surface area (Å²) in [4.78, 5) is 20.8. The van der Waals surface area contributed by atoms with Crippen LogP contribution in [0.15, 0.2) is 53.4 Å². The Bertz CT molecular complexity index is 1220. The van der Waals surface area contributed by atoms with E-state index in [0.29, 0.717) is 23.0 Å². The summed E-state index contributed by atoms with van der Waals surface area (Å²) in [5, 5.41) is 2.74. The second-order valence-corrected chi connectivity index (χ2v) is 9.20. The quantitative estimate of drug-likeness (QED) is 0.560. The molecule has 1 atom stereocenters. The van der Waals surface area contributed by atoms with Gasteiger partial charge in [-0.2, -0.15) is 0 Å². The molecule has 0 aliphatic rings. The zero-order valence-electron chi connectivity index (χ0n) is 18.6. The summed E-state index contributed by atoms with van der Waals surface area (Å²) < 4.78 is 33.5. The van der Waals surface area contributed by atoms with Crippen LogP contribution in [0, 0.1) is 27.7 Å². The van der Waals surface area contributed by atoms with Crippen LogP contribution in [-0.2, 0) is 14.8 Å². The molecule has 3 aromatic rings. The van der Waals surface area contributed by atoms with E-state index in [4.69, 9.17) is 4.74 Å². The molecule has 0 fully saturated rings. The lowest BCUT2D eigenvalue weighted by Crippen LogP contribution is -2.30. The molecule has 0 bridgehead atoms. The fourth-order valence-electron chi connectivity index (χ4n) is 3.02. The second-order valence-electron chi connectivity index (χ2n) is 7.52. The highest BCUT2D eigenvalue weighted by Crippen LogP contribution is 2.22. The van der Waals surface area contributed by atoms with Crippen molar-refractivity contribution in [2.45, 2.75) is 45.6 Å². The molecule has 2 aromatic carbocycles. The van der Waals surface area contributed by atoms with E-state index in [1.807, 2.05) is 32.0 Å². The smallest absolute Gasteiger partial charge is 0.265 e. The van der Waals surface area contributed by atoms with Crippen molar-refractivity contribution in [3.63, 3.8) is 0 Å². The van der Waals surface area contributed by atoms with Crippen LogP contribution in [0.4, 0.5) is 11.5 Å². The van der Waals surface area contributed by atoms with E-state index < -0.39 is 16.1 Å². The van der Waals surface area contributed by atoms with Crippen LogP contribution < -0.4 is 14.8 Å². The predicted molar refractivity (Wildman–Crippen MR) is 123 cm³/mol. The SMILES string of the molecule is Cc1cc(NS(=O)(=O)c2ccc(NC(=O)[C@@H](C)Oc3cccc(C)c3C)cc2)nc(C)n1. The van der Waals surface area contributed by atoms with Crippen LogP contribution in [0.1, 0.15) is 29.6 Å². The number of hydrogen-bond acceptors (Lipinski definition) is 6. The Morgan fingerprint density at radius 2 is 1.69 bits per heavy atom. The first-order chi connectivity index (χ1) is 15.0. The van der Waals surface area contributed by atoms with Crippen molar-refractivity contribution < 1.29 is 17.9 Å². The number of nitrogens with one attached hydrogen (secondary N) is 2. The van der Waals surface area contributed by atoms with Gasteiger partial charge in [0.1, 0.15) is 17.4 Å². The third-order valence-corrected chi connectivity index (χ3v) is 6.24. The molecule has 3 rings (SSSR count). The molecule has 0 spiro atoms. The maximum absolute atomic E-state index is 12.6. The lowest BCUT2D eigenvalue weighted by molar-refractivity contribution is -0.122. The van der Waals surface area contributed by atoms with E-state index in [1.165, 1.54) is 24.3 Å². The molecule has 0 aliphatic heterocycles. The summed E-state index contributed by atoms with van der Waals surface area (Å²) in [5.74, 6) is 0.977. The topological polar surface area (TPSA) is 110 Å². The van der Waals surface area contributed by atoms with Gasteiger partial charge in [-0.3, -0.25) is 9.52 Å². The number of carbonyl (C=O) groups excluding carboxylic acids is 1. The fraction of sp³-hybridized carbons (Fsp3) is 0.261. The maximum Gasteiger partial charge on any atom is 0.265 e. The first-order valence-electron chi connectivity index (χ1n) is 10.0. The van der Waals surface area contributed by atoms with E-state index in [-0.39, 0.29) is 16.6 Å². The number of hydrogen-bond donors (Lipinski definition) is 2. The average molecular weight is 455 g/mol. The van der Waals surface area contributed by atoms with E-state index in [0.717, 1.165) is 11.1 Å². The van der Waals surface area contributed by atoms with Gasteiger partial charge in [-0.25, -0.2) is 18.4 Å². The number of anilines is 2. The molecular weight excluding hydrogens is 428 g/mol. The Hall–Kier alpha value is -3.46. The summed E-state index contributed by atoms with van der Waals surface area (Å²) in [6.45, 7) is 9.02. The molecule has 2 N–H and O–H groups in total. The molecule has 0 unspecified atom stereocenters. The van der Waals surface area contributed by atoms with Crippen molar-refractivity contribution in [2.75, 3.05) is 10.0 Å². The van der Waals surface area contributed by atoms with Gasteiger partial charge in [-0.15, -0.1) is 0 Å². The number of ether oxygens (including phenoxy) is 1. The summed E-state index contributed by atoms with van der Waals surface area (Å²) in [5.41, 5.74) is 3.17. The van der Waals surface area contributed by atoms with Crippen LogP contribution in [0.2, 0.25) is 0 Å². The van der Waals surface area contributed by atoms with Gasteiger partial charge in [0.05, 0.1) is 4.90 Å². The molecule has 9 heteroatoms. The van der Waals surface area contributed by atoms with Crippen molar-refractivity contribution in [3.05, 3.63) is 71.2 Å². The predicted octanol–water partition coefficient (Wildman–Crippen LogP) is 3.92. The third-order valence-electron chi connectivity index (χ3n) is 4.87. The normalized spacial score (nSPS) is 12.2. The molecule has 32 heavy (non-hydrogen) atoms. The molecule has 8 nitrogen and oxygen atoms in total. The number of aryl methyl sites for hydroxylation is 3. The zero-order valence-corrected chi connectivity index (χ0v) is 19.4. The summed E-state index contributed by atoms with van der Waals surface area (Å²) >= 11 is 0. The van der Waals surface area contributed by atoms with Gasteiger partial charge in [0.15, 0.2) is 6.10 Å². The van der Waals surface area contributed by atoms with Crippen LogP contribution in [0.25, 0.3) is 0 Å². The van der Waals surface area contributed by atoms with Crippen LogP contribution in [0.5, 0.6) is 5.75 Å². The molecule has 0 saturated heterocycles. The summed E-state index contributed by atoms with van der Waals surface area (Å²) in [7, 11) is -3.84. The maximum atomic E-state index is 12.6. The lowest BCUT2D eigenvalue weighted by atomic mass is 10.1. The molecule has 1 aromatic heterocycles. The Kier molecular flexibility index (Phi) is 6.78. The van der Waals surface area contributed by atoms with Crippen molar-refractivity contribution >= 4 is 27.4 Å². The van der Waals surface area contributed by atoms with E-state index in [2.05, 4.69) is 20.0 Å². The van der Waals surface area contributed by atoms with Crippen LogP contribution >= 0.6 is 0 Å². The van der Waals surface area contributed by atoms with E-state index in [1.54, 1.807) is 26.8 Å². The van der Waals surface area contributed by atoms with Crippen molar-refractivity contribution in [3.8, 4) is 5.75 Å². The Morgan fingerprint density at radius 1 is 1.00 bits per heavy atom. The number of nitrogens with zero attached hydrogens (tertiary/aromatic N) is 2. The number of amides is 1. The summed E-state index contributed by atoms with van der Waals surface area (Å²) in [6, 6.07) is 13.1. The molecule has 168 valence electrons. The number of aromatic nitrogens is 2. The van der Waals surface area contributed by atoms with E-state index >= 15 is 0 Å². The fourth-order valence-corrected chi connectivity index (χ4v) is 4.02. The minimum atomic E-state index is -3.84. The number of benzene rings is 2. The van der Waals surface area contributed by atoms with Crippen LogP contribution in [-0.4, -0.2) is 30.4 Å². The Labute approximate surface area is 188 Å². The molecule has 1 amide bonds. The first kappa shape index (κ1) is 23.2. The molecule has 0 saturated carbocycles. The van der Waals surface area contributed by atoms with Crippen molar-refractivity contribution in [2.24, 2.45) is 0 Å². The molecule has 0 aliphatic carbocycles. The van der Waals surface area contributed by atoms with Gasteiger partial charge in [0.25, 0.3) is 15.9 Å². The second kappa shape index (κ2) is 9.35. The molecule has 0 radical (unpaired) electrons. The molecular formula is C23H26N4O4S. The highest BCUT2D eigenvalue weighted by molar-refractivity contribution is 7.92. The number of rotatable bonds is 7. The zero-order chi connectivity index (χ0) is 23.5.